The van der Waals surface area contributed by atoms with Gasteiger partial charge in [0.05, 0.1) is 28.9 Å². The quantitative estimate of drug-likeness (QED) is 0.287. The number of rotatable bonds is 8. The van der Waals surface area contributed by atoms with Crippen LogP contribution in [0.2, 0.25) is 0 Å². The minimum Gasteiger partial charge on any atom is -0.488 e. The maximum atomic E-state index is 14.1. The maximum absolute atomic E-state index is 14.1. The third-order valence-corrected chi connectivity index (χ3v) is 10.4. The number of hydrogen-bond acceptors (Lipinski definition) is 9. The third-order valence-electron chi connectivity index (χ3n) is 8.29. The van der Waals surface area contributed by atoms with E-state index in [1.807, 2.05) is 19.9 Å². The Hall–Kier alpha value is -3.39. The molecule has 1 aliphatic carbocycles. The van der Waals surface area contributed by atoms with Gasteiger partial charge in [0.25, 0.3) is 0 Å². The molecule has 4 heterocycles. The average Bonchev–Trinajstić information content (AvgIpc) is 3.58. The van der Waals surface area contributed by atoms with E-state index in [-0.39, 0.29) is 28.8 Å². The summed E-state index contributed by atoms with van der Waals surface area (Å²) in [7, 11) is -3.91. The second-order valence-corrected chi connectivity index (χ2v) is 14.4. The lowest BCUT2D eigenvalue weighted by molar-refractivity contribution is -0.137. The molecule has 0 spiro atoms. The number of fused-ring (bicyclic) bond motifs is 1. The molecule has 6 rings (SSSR count). The predicted molar refractivity (Wildman–Crippen MR) is 156 cm³/mol. The Morgan fingerprint density at radius 2 is 1.84 bits per heavy atom. The maximum Gasteiger partial charge on any atom is 0.421 e. The van der Waals surface area contributed by atoms with Crippen LogP contribution < -0.4 is 20.7 Å². The number of hydrogen-bond donors (Lipinski definition) is 3. The van der Waals surface area contributed by atoms with Crippen LogP contribution in [-0.4, -0.2) is 52.6 Å². The molecule has 232 valence electrons. The highest BCUT2D eigenvalue weighted by Crippen LogP contribution is 2.46. The van der Waals surface area contributed by atoms with Gasteiger partial charge < -0.3 is 20.7 Å². The van der Waals surface area contributed by atoms with E-state index in [2.05, 4.69) is 31.0 Å². The Kier molecular flexibility index (Phi) is 7.56. The SMILES string of the molecule is Cc1cc(Nc2ncc(C(F)(F)F)c(Nc3cn(C4CC4)nc3S(=O)(=O)C(C)C)n2)c2c(c1C1CCNCC1)C[C@@H](C)O2. The molecule has 1 saturated heterocycles. The first-order valence-electron chi connectivity index (χ1n) is 14.7. The van der Waals surface area contributed by atoms with Gasteiger partial charge in [-0.1, -0.05) is 0 Å². The Morgan fingerprint density at radius 1 is 1.12 bits per heavy atom. The van der Waals surface area contributed by atoms with Crippen molar-refractivity contribution in [3.05, 3.63) is 40.7 Å². The molecule has 2 fully saturated rings. The third kappa shape index (κ3) is 5.78. The highest BCUT2D eigenvalue weighted by molar-refractivity contribution is 7.92. The fourth-order valence-electron chi connectivity index (χ4n) is 5.94. The van der Waals surface area contributed by atoms with E-state index in [1.54, 1.807) is 0 Å². The normalized spacial score (nSPS) is 19.4. The second-order valence-electron chi connectivity index (χ2n) is 12.0. The lowest BCUT2D eigenvalue weighted by atomic mass is 9.83. The molecule has 1 atom stereocenters. The topological polar surface area (TPSA) is 123 Å². The summed E-state index contributed by atoms with van der Waals surface area (Å²) in [5.41, 5.74) is 2.86. The van der Waals surface area contributed by atoms with E-state index < -0.39 is 32.6 Å². The molecule has 43 heavy (non-hydrogen) atoms. The number of aryl methyl sites for hydroxylation is 1. The zero-order chi connectivity index (χ0) is 30.7. The van der Waals surface area contributed by atoms with Crippen molar-refractivity contribution < 1.29 is 26.3 Å². The van der Waals surface area contributed by atoms with Gasteiger partial charge in [0.2, 0.25) is 20.8 Å². The van der Waals surface area contributed by atoms with Crippen molar-refractivity contribution in [2.24, 2.45) is 0 Å². The van der Waals surface area contributed by atoms with Gasteiger partial charge in [-0.25, -0.2) is 13.4 Å². The van der Waals surface area contributed by atoms with E-state index >= 15 is 0 Å². The Balaban J connectivity index is 1.38. The summed E-state index contributed by atoms with van der Waals surface area (Å²) in [4.78, 5) is 8.19. The van der Waals surface area contributed by atoms with Crippen LogP contribution >= 0.6 is 0 Å². The zero-order valence-electron chi connectivity index (χ0n) is 24.5. The van der Waals surface area contributed by atoms with Gasteiger partial charge in [-0.05, 0) is 89.6 Å². The van der Waals surface area contributed by atoms with Crippen LogP contribution in [0.15, 0.2) is 23.5 Å². The number of anilines is 4. The van der Waals surface area contributed by atoms with Crippen molar-refractivity contribution in [2.45, 2.75) is 94.3 Å². The molecular formula is C29H36F3N7O3S. The Labute approximate surface area is 248 Å². The highest BCUT2D eigenvalue weighted by atomic mass is 32.2. The van der Waals surface area contributed by atoms with Crippen LogP contribution in [0, 0.1) is 6.92 Å². The molecule has 3 aliphatic rings. The molecule has 2 aromatic heterocycles. The predicted octanol–water partition coefficient (Wildman–Crippen LogP) is 5.79. The molecule has 14 heteroatoms. The first-order valence-corrected chi connectivity index (χ1v) is 16.2. The summed E-state index contributed by atoms with van der Waals surface area (Å²) in [6, 6.07) is 1.96. The monoisotopic (exact) mass is 619 g/mol. The average molecular weight is 620 g/mol. The van der Waals surface area contributed by atoms with Crippen LogP contribution in [0.25, 0.3) is 0 Å². The molecule has 0 radical (unpaired) electrons. The van der Waals surface area contributed by atoms with E-state index in [0.717, 1.165) is 56.3 Å². The van der Waals surface area contributed by atoms with Crippen molar-refractivity contribution in [3.63, 3.8) is 0 Å². The molecule has 0 unspecified atom stereocenters. The Bertz CT molecular complexity index is 1650. The standard InChI is InChI=1S/C29H36F3N7O3S/c1-15(2)43(40,41)27-23(14-39(38-27)19-5-6-19)35-26-21(29(30,31)32)13-34-28(37-26)36-22-11-16(3)24(18-7-9-33-10-8-18)20-12-17(4)42-25(20)22/h11,13-15,17-19,33H,5-10,12H2,1-4H3,(H2,34,35,36,37)/t17-/m1/s1. The largest absolute Gasteiger partial charge is 0.488 e. The number of aromatic nitrogens is 4. The lowest BCUT2D eigenvalue weighted by Gasteiger charge is -2.27. The Morgan fingerprint density at radius 3 is 2.49 bits per heavy atom. The lowest BCUT2D eigenvalue weighted by Crippen LogP contribution is -2.27. The number of ether oxygens (including phenoxy) is 1. The molecule has 3 N–H and O–H groups in total. The number of alkyl halides is 3. The van der Waals surface area contributed by atoms with Gasteiger partial charge in [-0.2, -0.15) is 23.3 Å². The van der Waals surface area contributed by atoms with Gasteiger partial charge in [0.15, 0.2) is 0 Å². The van der Waals surface area contributed by atoms with E-state index in [0.29, 0.717) is 23.6 Å². The molecule has 1 aromatic carbocycles. The smallest absolute Gasteiger partial charge is 0.421 e. The zero-order valence-corrected chi connectivity index (χ0v) is 25.4. The van der Waals surface area contributed by atoms with E-state index in [9.17, 15) is 21.6 Å². The number of nitrogens with zero attached hydrogens (tertiary/aromatic N) is 4. The number of sulfone groups is 1. The molecule has 0 amide bonds. The minimum atomic E-state index is -4.79. The van der Waals surface area contributed by atoms with Crippen LogP contribution in [-0.2, 0) is 22.4 Å². The van der Waals surface area contributed by atoms with Gasteiger partial charge in [0, 0.05) is 18.2 Å². The minimum absolute atomic E-state index is 0.0157. The summed E-state index contributed by atoms with van der Waals surface area (Å²) in [6.45, 7) is 8.94. The van der Waals surface area contributed by atoms with Crippen LogP contribution in [0.5, 0.6) is 5.75 Å². The summed E-state index contributed by atoms with van der Waals surface area (Å²) >= 11 is 0. The van der Waals surface area contributed by atoms with E-state index in [1.165, 1.54) is 30.3 Å². The van der Waals surface area contributed by atoms with Gasteiger partial charge in [-0.3, -0.25) is 4.68 Å². The van der Waals surface area contributed by atoms with Gasteiger partial charge >= 0.3 is 6.18 Å². The summed E-state index contributed by atoms with van der Waals surface area (Å²) in [5.74, 6) is 0.414. The molecule has 3 aromatic rings. The molecule has 0 bridgehead atoms. The first-order chi connectivity index (χ1) is 20.3. The molecular weight excluding hydrogens is 583 g/mol. The number of benzene rings is 1. The number of nitrogens with one attached hydrogen (secondary N) is 3. The second kappa shape index (κ2) is 11.0. The van der Waals surface area contributed by atoms with Crippen molar-refractivity contribution >= 4 is 33.0 Å². The van der Waals surface area contributed by atoms with Gasteiger partial charge in [-0.15, -0.1) is 0 Å². The van der Waals surface area contributed by atoms with Crippen molar-refractivity contribution in [1.82, 2.24) is 25.1 Å². The fourth-order valence-corrected chi connectivity index (χ4v) is 7.00. The first kappa shape index (κ1) is 29.7. The van der Waals surface area contributed by atoms with E-state index in [4.69, 9.17) is 4.74 Å². The van der Waals surface area contributed by atoms with Crippen LogP contribution in [0.1, 0.15) is 80.7 Å². The van der Waals surface area contributed by atoms with Crippen molar-refractivity contribution in [1.29, 1.82) is 0 Å². The van der Waals surface area contributed by atoms with Gasteiger partial charge in [0.1, 0.15) is 23.2 Å². The number of halogens is 3. The summed E-state index contributed by atoms with van der Waals surface area (Å²) in [6.07, 6.45) is 1.72. The number of piperidine rings is 1. The van der Waals surface area contributed by atoms with Crippen LogP contribution in [0.3, 0.4) is 0 Å². The summed E-state index contributed by atoms with van der Waals surface area (Å²) in [5, 5.41) is 12.3. The van der Waals surface area contributed by atoms with Crippen molar-refractivity contribution in [2.75, 3.05) is 23.7 Å². The summed E-state index contributed by atoms with van der Waals surface area (Å²) < 4.78 is 76.2. The highest BCUT2D eigenvalue weighted by Gasteiger charge is 2.38. The fraction of sp³-hybridized carbons (Fsp3) is 0.552. The van der Waals surface area contributed by atoms with Crippen molar-refractivity contribution in [3.8, 4) is 5.75 Å². The molecule has 2 aliphatic heterocycles. The molecule has 10 nitrogen and oxygen atoms in total. The van der Waals surface area contributed by atoms with Crippen LogP contribution in [0.4, 0.5) is 36.3 Å². The molecule has 1 saturated carbocycles.